The lowest BCUT2D eigenvalue weighted by Gasteiger charge is -2.35. The van der Waals surface area contributed by atoms with Gasteiger partial charge in [0.05, 0.1) is 15.6 Å². The van der Waals surface area contributed by atoms with Gasteiger partial charge in [0.1, 0.15) is 0 Å². The molecule has 0 saturated carbocycles. The van der Waals surface area contributed by atoms with Gasteiger partial charge in [0, 0.05) is 12.6 Å². The van der Waals surface area contributed by atoms with Crippen molar-refractivity contribution in [3.05, 3.63) is 23.2 Å². The highest BCUT2D eigenvalue weighted by Crippen LogP contribution is 2.30. The van der Waals surface area contributed by atoms with Crippen molar-refractivity contribution >= 4 is 27.3 Å². The van der Waals surface area contributed by atoms with E-state index in [1.807, 2.05) is 6.92 Å². The second-order valence-corrected chi connectivity index (χ2v) is 7.59. The van der Waals surface area contributed by atoms with Crippen LogP contribution in [-0.2, 0) is 10.0 Å². The molecule has 0 amide bonds. The first-order valence-corrected chi connectivity index (χ1v) is 8.21. The summed E-state index contributed by atoms with van der Waals surface area (Å²) in [4.78, 5) is 0.218. The Labute approximate surface area is 119 Å². The molecule has 1 aromatic carbocycles. The highest BCUT2D eigenvalue weighted by Gasteiger charge is 2.33. The van der Waals surface area contributed by atoms with Crippen LogP contribution in [0, 0.1) is 5.92 Å². The van der Waals surface area contributed by atoms with Gasteiger partial charge >= 0.3 is 0 Å². The van der Waals surface area contributed by atoms with Crippen molar-refractivity contribution < 1.29 is 8.42 Å². The van der Waals surface area contributed by atoms with E-state index in [0.29, 0.717) is 23.2 Å². The zero-order chi connectivity index (χ0) is 14.2. The lowest BCUT2D eigenvalue weighted by Crippen LogP contribution is -2.44. The summed E-state index contributed by atoms with van der Waals surface area (Å²) in [5, 5.41) is 0.374. The standard InChI is InChI=1S/C13H19ClN2O2S/c1-9-3-4-10(2)16(8-9)19(17,18)11-5-6-12(14)13(15)7-11/h5-7,9-10H,3-4,8,15H2,1-2H3. The van der Waals surface area contributed by atoms with E-state index in [4.69, 9.17) is 17.3 Å². The van der Waals surface area contributed by atoms with Crippen LogP contribution < -0.4 is 5.73 Å². The Morgan fingerprint density at radius 2 is 2.00 bits per heavy atom. The maximum Gasteiger partial charge on any atom is 0.243 e. The second-order valence-electron chi connectivity index (χ2n) is 5.29. The van der Waals surface area contributed by atoms with Crippen molar-refractivity contribution in [2.75, 3.05) is 12.3 Å². The quantitative estimate of drug-likeness (QED) is 0.854. The number of anilines is 1. The van der Waals surface area contributed by atoms with Crippen LogP contribution in [0.15, 0.2) is 23.1 Å². The van der Waals surface area contributed by atoms with Crippen molar-refractivity contribution in [1.82, 2.24) is 4.31 Å². The van der Waals surface area contributed by atoms with Gasteiger partial charge in [0.2, 0.25) is 10.0 Å². The van der Waals surface area contributed by atoms with Crippen LogP contribution in [-0.4, -0.2) is 25.3 Å². The molecule has 106 valence electrons. The lowest BCUT2D eigenvalue weighted by molar-refractivity contribution is 0.218. The molecule has 0 radical (unpaired) electrons. The molecule has 0 spiro atoms. The van der Waals surface area contributed by atoms with Crippen molar-refractivity contribution in [2.24, 2.45) is 5.92 Å². The molecule has 1 fully saturated rings. The van der Waals surface area contributed by atoms with Gasteiger partial charge in [-0.2, -0.15) is 4.31 Å². The number of nitrogen functional groups attached to an aromatic ring is 1. The number of piperidine rings is 1. The fourth-order valence-corrected chi connectivity index (χ4v) is 4.34. The minimum atomic E-state index is -3.49. The fraction of sp³-hybridized carbons (Fsp3) is 0.538. The lowest BCUT2D eigenvalue weighted by atomic mass is 9.97. The molecular formula is C13H19ClN2O2S. The molecule has 6 heteroatoms. The van der Waals surface area contributed by atoms with Crippen molar-refractivity contribution in [3.63, 3.8) is 0 Å². The van der Waals surface area contributed by atoms with Gasteiger partial charge in [-0.15, -0.1) is 0 Å². The first kappa shape index (κ1) is 14.6. The zero-order valence-corrected chi connectivity index (χ0v) is 12.7. The molecule has 2 unspecified atom stereocenters. The number of benzene rings is 1. The molecule has 1 saturated heterocycles. The molecule has 1 aromatic rings. The van der Waals surface area contributed by atoms with Crippen LogP contribution in [0.3, 0.4) is 0 Å². The van der Waals surface area contributed by atoms with Crippen molar-refractivity contribution in [1.29, 1.82) is 0 Å². The summed E-state index contributed by atoms with van der Waals surface area (Å²) in [7, 11) is -3.49. The topological polar surface area (TPSA) is 63.4 Å². The summed E-state index contributed by atoms with van der Waals surface area (Å²) in [6.45, 7) is 4.58. The van der Waals surface area contributed by atoms with E-state index in [1.165, 1.54) is 18.2 Å². The molecule has 19 heavy (non-hydrogen) atoms. The summed E-state index contributed by atoms with van der Waals surface area (Å²) >= 11 is 5.83. The smallest absolute Gasteiger partial charge is 0.243 e. The van der Waals surface area contributed by atoms with Gasteiger partial charge in [-0.3, -0.25) is 0 Å². The van der Waals surface area contributed by atoms with E-state index in [2.05, 4.69) is 6.92 Å². The normalized spacial score (nSPS) is 25.4. The van der Waals surface area contributed by atoms with Gasteiger partial charge in [0.15, 0.2) is 0 Å². The predicted octanol–water partition coefficient (Wildman–Crippen LogP) is 2.73. The molecule has 2 atom stereocenters. The molecule has 4 nitrogen and oxygen atoms in total. The third-order valence-corrected chi connectivity index (χ3v) is 5.95. The molecule has 0 aromatic heterocycles. The first-order valence-electron chi connectivity index (χ1n) is 6.39. The van der Waals surface area contributed by atoms with Gasteiger partial charge < -0.3 is 5.73 Å². The molecule has 1 heterocycles. The van der Waals surface area contributed by atoms with Crippen LogP contribution in [0.5, 0.6) is 0 Å². The van der Waals surface area contributed by atoms with Gasteiger partial charge in [-0.1, -0.05) is 18.5 Å². The number of halogens is 1. The first-order chi connectivity index (χ1) is 8.82. The molecule has 0 bridgehead atoms. The van der Waals surface area contributed by atoms with Crippen molar-refractivity contribution in [3.8, 4) is 0 Å². The van der Waals surface area contributed by atoms with Crippen LogP contribution >= 0.6 is 11.6 Å². The maximum absolute atomic E-state index is 12.6. The Balaban J connectivity index is 2.38. The Kier molecular flexibility index (Phi) is 4.08. The number of hydrogen-bond acceptors (Lipinski definition) is 3. The number of rotatable bonds is 2. The highest BCUT2D eigenvalue weighted by atomic mass is 35.5. The number of nitrogens with two attached hydrogens (primary N) is 1. The summed E-state index contributed by atoms with van der Waals surface area (Å²) in [6.07, 6.45) is 1.96. The van der Waals surface area contributed by atoms with Gasteiger partial charge in [-0.25, -0.2) is 8.42 Å². The minimum absolute atomic E-state index is 0.0260. The summed E-state index contributed by atoms with van der Waals surface area (Å²) in [5.41, 5.74) is 5.99. The fourth-order valence-electron chi connectivity index (χ4n) is 2.40. The molecule has 1 aliphatic heterocycles. The summed E-state index contributed by atoms with van der Waals surface area (Å²) < 4.78 is 26.8. The third kappa shape index (κ3) is 2.88. The minimum Gasteiger partial charge on any atom is -0.397 e. The third-order valence-electron chi connectivity index (χ3n) is 3.63. The molecular weight excluding hydrogens is 284 g/mol. The van der Waals surface area contributed by atoms with Crippen LogP contribution in [0.1, 0.15) is 26.7 Å². The number of sulfonamides is 1. The largest absolute Gasteiger partial charge is 0.397 e. The Bertz CT molecular complexity index is 574. The van der Waals surface area contributed by atoms with E-state index in [9.17, 15) is 8.42 Å². The van der Waals surface area contributed by atoms with E-state index >= 15 is 0 Å². The van der Waals surface area contributed by atoms with Gasteiger partial charge in [-0.05, 0) is 43.9 Å². The second kappa shape index (κ2) is 5.31. The number of nitrogens with zero attached hydrogens (tertiary/aromatic N) is 1. The maximum atomic E-state index is 12.6. The summed E-state index contributed by atoms with van der Waals surface area (Å²) in [6, 6.07) is 4.50. The molecule has 2 rings (SSSR count). The van der Waals surface area contributed by atoms with Crippen LogP contribution in [0.4, 0.5) is 5.69 Å². The molecule has 2 N–H and O–H groups in total. The Hall–Kier alpha value is -0.780. The average molecular weight is 303 g/mol. The Morgan fingerprint density at radius 1 is 1.32 bits per heavy atom. The van der Waals surface area contributed by atoms with E-state index in [-0.39, 0.29) is 10.9 Å². The van der Waals surface area contributed by atoms with Crippen LogP contribution in [0.25, 0.3) is 0 Å². The monoisotopic (exact) mass is 302 g/mol. The van der Waals surface area contributed by atoms with E-state index < -0.39 is 10.0 Å². The SMILES string of the molecule is CC1CCC(C)N(S(=O)(=O)c2ccc(Cl)c(N)c2)C1. The van der Waals surface area contributed by atoms with Crippen molar-refractivity contribution in [2.45, 2.75) is 37.6 Å². The van der Waals surface area contributed by atoms with E-state index in [0.717, 1.165) is 12.8 Å². The summed E-state index contributed by atoms with van der Waals surface area (Å²) in [5.74, 6) is 0.385. The average Bonchev–Trinajstić information content (AvgIpc) is 2.35. The highest BCUT2D eigenvalue weighted by molar-refractivity contribution is 7.89. The Morgan fingerprint density at radius 3 is 2.63 bits per heavy atom. The van der Waals surface area contributed by atoms with E-state index in [1.54, 1.807) is 4.31 Å². The predicted molar refractivity (Wildman–Crippen MR) is 77.6 cm³/mol. The molecule has 0 aliphatic carbocycles. The van der Waals surface area contributed by atoms with Gasteiger partial charge in [0.25, 0.3) is 0 Å². The van der Waals surface area contributed by atoms with Crippen LogP contribution in [0.2, 0.25) is 5.02 Å². The zero-order valence-electron chi connectivity index (χ0n) is 11.1. The molecule has 1 aliphatic rings. The number of hydrogen-bond donors (Lipinski definition) is 1.